The van der Waals surface area contributed by atoms with Crippen LogP contribution in [-0.4, -0.2) is 23.1 Å². The van der Waals surface area contributed by atoms with Crippen LogP contribution >= 0.6 is 0 Å². The Labute approximate surface area is 227 Å². The third-order valence-corrected chi connectivity index (χ3v) is 5.94. The average Bonchev–Trinajstić information content (AvgIpc) is 2.87. The van der Waals surface area contributed by atoms with E-state index in [1.807, 2.05) is 24.3 Å². The summed E-state index contributed by atoms with van der Waals surface area (Å²) < 4.78 is 5.70. The molecule has 0 fully saturated rings. The van der Waals surface area contributed by atoms with Crippen LogP contribution < -0.4 is 0 Å². The molecule has 0 spiro atoms. The summed E-state index contributed by atoms with van der Waals surface area (Å²) in [7, 11) is 0. The topological polar surface area (TPSA) is 63.6 Å². The predicted octanol–water partition coefficient (Wildman–Crippen LogP) is 9.83. The highest BCUT2D eigenvalue weighted by Gasteiger charge is 2.08. The Morgan fingerprint density at radius 2 is 1.16 bits per heavy atom. The van der Waals surface area contributed by atoms with Crippen molar-refractivity contribution >= 4 is 11.9 Å². The van der Waals surface area contributed by atoms with E-state index < -0.39 is 5.97 Å². The number of carbonyl (C=O) groups excluding carboxylic acids is 1. The molecule has 1 unspecified atom stereocenters. The first kappa shape index (κ1) is 34.6. The van der Waals surface area contributed by atoms with Crippen molar-refractivity contribution in [2.75, 3.05) is 0 Å². The number of carbonyl (C=O) groups is 2. The molecule has 0 amide bonds. The van der Waals surface area contributed by atoms with Gasteiger partial charge < -0.3 is 9.84 Å². The summed E-state index contributed by atoms with van der Waals surface area (Å²) in [4.78, 5) is 23.0. The maximum Gasteiger partial charge on any atom is 0.306 e. The molecule has 0 aliphatic carbocycles. The Morgan fingerprint density at radius 3 is 1.86 bits per heavy atom. The number of carboxylic acid groups (broad SMARTS) is 1. The molecule has 0 aromatic carbocycles. The first-order valence-corrected chi connectivity index (χ1v) is 14.8. The Bertz CT molecular complexity index is 684. The minimum absolute atomic E-state index is 0.139. The van der Waals surface area contributed by atoms with E-state index in [9.17, 15) is 9.59 Å². The molecule has 4 nitrogen and oxygen atoms in total. The van der Waals surface area contributed by atoms with Crippen LogP contribution in [0.25, 0.3) is 0 Å². The highest BCUT2D eigenvalue weighted by Crippen LogP contribution is 2.11. The van der Waals surface area contributed by atoms with E-state index in [-0.39, 0.29) is 18.5 Å². The van der Waals surface area contributed by atoms with Crippen LogP contribution in [0.2, 0.25) is 0 Å². The van der Waals surface area contributed by atoms with Crippen molar-refractivity contribution < 1.29 is 19.4 Å². The molecule has 0 aromatic heterocycles. The number of ether oxygens (including phenoxy) is 1. The number of allylic oxidation sites excluding steroid dienone is 8. The molecule has 0 radical (unpaired) electrons. The van der Waals surface area contributed by atoms with Gasteiger partial charge in [0.05, 0.1) is 0 Å². The molecule has 37 heavy (non-hydrogen) atoms. The number of unbranched alkanes of at least 4 members (excludes halogenated alkanes) is 10. The lowest BCUT2D eigenvalue weighted by atomic mass is 10.1. The zero-order valence-corrected chi connectivity index (χ0v) is 23.8. The molecule has 0 aliphatic heterocycles. The maximum atomic E-state index is 12.4. The zero-order chi connectivity index (χ0) is 27.2. The summed E-state index contributed by atoms with van der Waals surface area (Å²) >= 11 is 0. The van der Waals surface area contributed by atoms with Crippen molar-refractivity contribution in [1.82, 2.24) is 0 Å². The molecule has 0 rings (SSSR count). The largest absolute Gasteiger partial charge is 0.481 e. The van der Waals surface area contributed by atoms with Gasteiger partial charge in [-0.15, -0.1) is 0 Å². The van der Waals surface area contributed by atoms with Crippen molar-refractivity contribution in [1.29, 1.82) is 0 Å². The summed E-state index contributed by atoms with van der Waals surface area (Å²) in [5.41, 5.74) is 0. The second-order valence-corrected chi connectivity index (χ2v) is 9.55. The molecule has 1 atom stereocenters. The summed E-state index contributed by atoms with van der Waals surface area (Å²) in [6, 6.07) is 0. The van der Waals surface area contributed by atoms with Gasteiger partial charge in [-0.1, -0.05) is 101 Å². The van der Waals surface area contributed by atoms with Crippen LogP contribution in [-0.2, 0) is 14.3 Å². The van der Waals surface area contributed by atoms with Crippen molar-refractivity contribution in [3.8, 4) is 0 Å². The van der Waals surface area contributed by atoms with Crippen molar-refractivity contribution in [3.05, 3.63) is 60.8 Å². The minimum Gasteiger partial charge on any atom is -0.481 e. The monoisotopic (exact) mass is 514 g/mol. The van der Waals surface area contributed by atoms with Crippen molar-refractivity contribution in [2.45, 2.75) is 136 Å². The van der Waals surface area contributed by atoms with Gasteiger partial charge in [0.15, 0.2) is 0 Å². The summed E-state index contributed by atoms with van der Waals surface area (Å²) in [6.45, 7) is 4.33. The number of hydrogen-bond donors (Lipinski definition) is 1. The van der Waals surface area contributed by atoms with Crippen LogP contribution in [0.5, 0.6) is 0 Å². The fourth-order valence-electron chi connectivity index (χ4n) is 3.74. The van der Waals surface area contributed by atoms with Crippen LogP contribution in [0.1, 0.15) is 129 Å². The Kier molecular flexibility index (Phi) is 26.4. The average molecular weight is 515 g/mol. The molecule has 0 saturated heterocycles. The third-order valence-electron chi connectivity index (χ3n) is 5.94. The molecular formula is C33H54O4. The highest BCUT2D eigenvalue weighted by molar-refractivity contribution is 5.69. The van der Waals surface area contributed by atoms with Crippen LogP contribution in [0.3, 0.4) is 0 Å². The van der Waals surface area contributed by atoms with Gasteiger partial charge in [0.2, 0.25) is 0 Å². The molecular weight excluding hydrogens is 460 g/mol. The van der Waals surface area contributed by atoms with Gasteiger partial charge in [-0.05, 0) is 76.4 Å². The number of rotatable bonds is 25. The summed E-state index contributed by atoms with van der Waals surface area (Å²) in [5.74, 6) is -0.876. The molecule has 0 heterocycles. The van der Waals surface area contributed by atoms with E-state index in [0.29, 0.717) is 12.8 Å². The first-order valence-electron chi connectivity index (χ1n) is 14.8. The van der Waals surface area contributed by atoms with Gasteiger partial charge >= 0.3 is 11.9 Å². The highest BCUT2D eigenvalue weighted by atomic mass is 16.5. The zero-order valence-electron chi connectivity index (χ0n) is 23.8. The second-order valence-electron chi connectivity index (χ2n) is 9.55. The fourth-order valence-corrected chi connectivity index (χ4v) is 3.74. The molecule has 4 heteroatoms. The Balaban J connectivity index is 4.11. The molecule has 1 N–H and O–H groups in total. The first-order chi connectivity index (χ1) is 18.1. The van der Waals surface area contributed by atoms with E-state index in [1.165, 1.54) is 32.1 Å². The number of carboxylic acids is 1. The van der Waals surface area contributed by atoms with Crippen LogP contribution in [0.15, 0.2) is 60.8 Å². The van der Waals surface area contributed by atoms with Gasteiger partial charge in [-0.3, -0.25) is 9.59 Å². The van der Waals surface area contributed by atoms with Gasteiger partial charge in [-0.2, -0.15) is 0 Å². The molecule has 0 bridgehead atoms. The van der Waals surface area contributed by atoms with Crippen LogP contribution in [0, 0.1) is 0 Å². The smallest absolute Gasteiger partial charge is 0.306 e. The van der Waals surface area contributed by atoms with E-state index in [0.717, 1.165) is 64.2 Å². The quantitative estimate of drug-likeness (QED) is 0.0748. The van der Waals surface area contributed by atoms with Gasteiger partial charge in [0, 0.05) is 12.8 Å². The van der Waals surface area contributed by atoms with E-state index in [4.69, 9.17) is 9.84 Å². The van der Waals surface area contributed by atoms with Crippen molar-refractivity contribution in [2.24, 2.45) is 0 Å². The predicted molar refractivity (Wildman–Crippen MR) is 158 cm³/mol. The minimum atomic E-state index is -0.737. The summed E-state index contributed by atoms with van der Waals surface area (Å²) in [5, 5.41) is 8.71. The Hall–Kier alpha value is -2.36. The van der Waals surface area contributed by atoms with Crippen LogP contribution in [0.4, 0.5) is 0 Å². The van der Waals surface area contributed by atoms with Gasteiger partial charge in [-0.25, -0.2) is 0 Å². The van der Waals surface area contributed by atoms with Crippen molar-refractivity contribution in [3.63, 3.8) is 0 Å². The van der Waals surface area contributed by atoms with Gasteiger partial charge in [0.25, 0.3) is 0 Å². The standard InChI is InChI=1S/C33H54O4/c1-3-5-7-9-10-11-12-13-14-15-16-17-22-26-30-33(36)37-31(27-23-19-8-6-4-2)28-24-20-18-21-25-29-32(34)35/h6,8-10,12-13,23-24,27-28,31H,3-5,7,11,14-22,25-26,29-30H2,1-2H3,(H,34,35)/b8-6-,10-9-,13-12-,27-23-,28-24-. The summed E-state index contributed by atoms with van der Waals surface area (Å²) in [6.07, 6.45) is 38.4. The number of hydrogen-bond acceptors (Lipinski definition) is 3. The number of esters is 1. The van der Waals surface area contributed by atoms with E-state index in [2.05, 4.69) is 50.3 Å². The lowest BCUT2D eigenvalue weighted by Gasteiger charge is -2.11. The SMILES string of the molecule is CC/C=C\C/C=C\C(/C=C\CCCCCC(=O)O)OC(=O)CCCCCCC/C=C\C/C=C\CCCC. The Morgan fingerprint density at radius 1 is 0.622 bits per heavy atom. The maximum absolute atomic E-state index is 12.4. The van der Waals surface area contributed by atoms with E-state index in [1.54, 1.807) is 0 Å². The molecule has 0 saturated carbocycles. The van der Waals surface area contributed by atoms with E-state index >= 15 is 0 Å². The lowest BCUT2D eigenvalue weighted by molar-refractivity contribution is -0.145. The molecule has 210 valence electrons. The normalized spacial score (nSPS) is 13.1. The fraction of sp³-hybridized carbons (Fsp3) is 0.636. The second kappa shape index (κ2) is 28.2. The molecule has 0 aliphatic rings. The number of aliphatic carboxylic acids is 1. The lowest BCUT2D eigenvalue weighted by Crippen LogP contribution is -2.13. The third kappa shape index (κ3) is 28.1. The van der Waals surface area contributed by atoms with Gasteiger partial charge in [0.1, 0.15) is 6.10 Å². The molecule has 0 aromatic rings.